The highest BCUT2D eigenvalue weighted by atomic mass is 16.5. The third-order valence-electron chi connectivity index (χ3n) is 4.81. The molecule has 0 bridgehead atoms. The Hall–Kier alpha value is -4.12. The molecule has 0 spiro atoms. The molecule has 0 aliphatic heterocycles. The summed E-state index contributed by atoms with van der Waals surface area (Å²) in [7, 11) is 3.33. The third-order valence-corrected chi connectivity index (χ3v) is 4.81. The van der Waals surface area contributed by atoms with Crippen molar-refractivity contribution in [2.45, 2.75) is 0 Å². The average Bonchev–Trinajstić information content (AvgIpc) is 2.85. The number of azo groups is 1. The van der Waals surface area contributed by atoms with Gasteiger partial charge in [-0.3, -0.25) is 0 Å². The summed E-state index contributed by atoms with van der Waals surface area (Å²) in [4.78, 5) is 2.16. The molecule has 31 heavy (non-hydrogen) atoms. The lowest BCUT2D eigenvalue weighted by Crippen LogP contribution is -2.09. The first-order valence-corrected chi connectivity index (χ1v) is 9.92. The Morgan fingerprint density at radius 3 is 1.29 bits per heavy atom. The zero-order valence-electron chi connectivity index (χ0n) is 17.5. The van der Waals surface area contributed by atoms with E-state index in [4.69, 9.17) is 9.47 Å². The normalized spacial score (nSPS) is 10.8. The van der Waals surface area contributed by atoms with Crippen molar-refractivity contribution >= 4 is 28.4 Å². The van der Waals surface area contributed by atoms with E-state index in [-0.39, 0.29) is 0 Å². The second-order valence-electron chi connectivity index (χ2n) is 6.78. The Balaban J connectivity index is 1.66. The van der Waals surface area contributed by atoms with Crippen molar-refractivity contribution in [1.29, 1.82) is 0 Å². The number of ether oxygens (including phenoxy) is 2. The molecule has 5 nitrogen and oxygen atoms in total. The molecule has 0 aliphatic rings. The Kier molecular flexibility index (Phi) is 6.24. The molecule has 0 amide bonds. The van der Waals surface area contributed by atoms with Gasteiger partial charge in [-0.05, 0) is 84.9 Å². The van der Waals surface area contributed by atoms with Gasteiger partial charge in [0.05, 0.1) is 25.6 Å². The van der Waals surface area contributed by atoms with Crippen LogP contribution in [0, 0.1) is 0 Å². The lowest BCUT2D eigenvalue weighted by Gasteiger charge is -2.25. The van der Waals surface area contributed by atoms with Crippen LogP contribution in [0.3, 0.4) is 0 Å². The van der Waals surface area contributed by atoms with Crippen LogP contribution >= 0.6 is 0 Å². The number of benzene rings is 4. The quantitative estimate of drug-likeness (QED) is 0.295. The largest absolute Gasteiger partial charge is 0.497 e. The van der Waals surface area contributed by atoms with Crippen molar-refractivity contribution in [3.05, 3.63) is 103 Å². The topological polar surface area (TPSA) is 46.4 Å². The van der Waals surface area contributed by atoms with E-state index in [1.54, 1.807) is 14.2 Å². The molecule has 0 radical (unpaired) electrons. The van der Waals surface area contributed by atoms with Gasteiger partial charge in [-0.2, -0.15) is 10.2 Å². The minimum absolute atomic E-state index is 0.789. The van der Waals surface area contributed by atoms with Gasteiger partial charge in [0, 0.05) is 17.1 Å². The molecule has 0 aromatic heterocycles. The summed E-state index contributed by atoms with van der Waals surface area (Å²) in [6, 6.07) is 33.6. The molecule has 0 saturated heterocycles. The minimum atomic E-state index is 0.789. The van der Waals surface area contributed by atoms with Gasteiger partial charge in [-0.15, -0.1) is 0 Å². The molecule has 0 unspecified atom stereocenters. The first-order chi connectivity index (χ1) is 15.3. The number of hydrogen-bond acceptors (Lipinski definition) is 5. The fraction of sp³-hybridized carbons (Fsp3) is 0.0769. The lowest BCUT2D eigenvalue weighted by molar-refractivity contribution is 0.415. The molecule has 0 N–H and O–H groups in total. The average molecular weight is 409 g/mol. The van der Waals surface area contributed by atoms with Crippen molar-refractivity contribution in [3.8, 4) is 11.5 Å². The van der Waals surface area contributed by atoms with Gasteiger partial charge in [-0.25, -0.2) is 0 Å². The molecule has 4 aromatic rings. The standard InChI is InChI=1S/C26H23N3O2/c1-30-25-16-12-23(13-17-25)29(24-14-18-26(31-2)19-15-24)22-10-8-21(9-11-22)28-27-20-6-4-3-5-7-20/h3-19H,1-2H3. The lowest BCUT2D eigenvalue weighted by atomic mass is 10.1. The maximum Gasteiger partial charge on any atom is 0.119 e. The first kappa shape index (κ1) is 20.2. The van der Waals surface area contributed by atoms with Gasteiger partial charge >= 0.3 is 0 Å². The summed E-state index contributed by atoms with van der Waals surface area (Å²) in [5, 5.41) is 8.63. The second kappa shape index (κ2) is 9.59. The van der Waals surface area contributed by atoms with E-state index in [0.29, 0.717) is 0 Å². The van der Waals surface area contributed by atoms with Crippen LogP contribution in [0.1, 0.15) is 0 Å². The summed E-state index contributed by atoms with van der Waals surface area (Å²) in [6.45, 7) is 0. The molecular weight excluding hydrogens is 386 g/mol. The summed E-state index contributed by atoms with van der Waals surface area (Å²) in [5.74, 6) is 1.63. The van der Waals surface area contributed by atoms with Crippen molar-refractivity contribution in [2.24, 2.45) is 10.2 Å². The first-order valence-electron chi connectivity index (χ1n) is 9.92. The van der Waals surface area contributed by atoms with Crippen LogP contribution < -0.4 is 14.4 Å². The highest BCUT2D eigenvalue weighted by Crippen LogP contribution is 2.36. The number of nitrogens with zero attached hydrogens (tertiary/aromatic N) is 3. The van der Waals surface area contributed by atoms with Crippen LogP contribution in [-0.4, -0.2) is 14.2 Å². The molecule has 4 aromatic carbocycles. The van der Waals surface area contributed by atoms with Crippen LogP contribution in [0.25, 0.3) is 0 Å². The van der Waals surface area contributed by atoms with E-state index in [1.807, 2.05) is 103 Å². The molecule has 0 atom stereocenters. The van der Waals surface area contributed by atoms with E-state index in [1.165, 1.54) is 0 Å². The smallest absolute Gasteiger partial charge is 0.119 e. The third kappa shape index (κ3) is 4.90. The fourth-order valence-electron chi connectivity index (χ4n) is 3.19. The summed E-state index contributed by atoms with van der Waals surface area (Å²) >= 11 is 0. The molecule has 0 fully saturated rings. The monoisotopic (exact) mass is 409 g/mol. The highest BCUT2D eigenvalue weighted by molar-refractivity contribution is 5.77. The number of anilines is 3. The summed E-state index contributed by atoms with van der Waals surface area (Å²) in [6.07, 6.45) is 0. The molecule has 4 rings (SSSR count). The SMILES string of the molecule is COc1ccc(N(c2ccc(N=Nc3ccccc3)cc2)c2ccc(OC)cc2)cc1. The highest BCUT2D eigenvalue weighted by Gasteiger charge is 2.13. The fourth-order valence-corrected chi connectivity index (χ4v) is 3.19. The summed E-state index contributed by atoms with van der Waals surface area (Å²) < 4.78 is 10.6. The number of hydrogen-bond donors (Lipinski definition) is 0. The molecular formula is C26H23N3O2. The minimum Gasteiger partial charge on any atom is -0.497 e. The maximum atomic E-state index is 5.31. The van der Waals surface area contributed by atoms with Gasteiger partial charge in [0.15, 0.2) is 0 Å². The van der Waals surface area contributed by atoms with Crippen LogP contribution in [0.2, 0.25) is 0 Å². The van der Waals surface area contributed by atoms with Gasteiger partial charge < -0.3 is 14.4 Å². The number of rotatable bonds is 7. The van der Waals surface area contributed by atoms with Crippen LogP contribution in [0.4, 0.5) is 28.4 Å². The predicted octanol–water partition coefficient (Wildman–Crippen LogP) is 7.59. The van der Waals surface area contributed by atoms with Gasteiger partial charge in [0.1, 0.15) is 11.5 Å². The predicted molar refractivity (Wildman–Crippen MR) is 125 cm³/mol. The Bertz CT molecular complexity index is 1080. The van der Waals surface area contributed by atoms with Gasteiger partial charge in [-0.1, -0.05) is 18.2 Å². The van der Waals surface area contributed by atoms with E-state index < -0.39 is 0 Å². The second-order valence-corrected chi connectivity index (χ2v) is 6.78. The van der Waals surface area contributed by atoms with Crippen molar-refractivity contribution in [2.75, 3.05) is 19.1 Å². The zero-order valence-corrected chi connectivity index (χ0v) is 17.5. The van der Waals surface area contributed by atoms with E-state index in [9.17, 15) is 0 Å². The summed E-state index contributed by atoms with van der Waals surface area (Å²) in [5.41, 5.74) is 4.66. The zero-order chi connectivity index (χ0) is 21.5. The van der Waals surface area contributed by atoms with Crippen LogP contribution in [0.15, 0.2) is 113 Å². The molecule has 154 valence electrons. The number of methoxy groups -OCH3 is 2. The Labute approximate surface area is 182 Å². The Morgan fingerprint density at radius 2 is 0.871 bits per heavy atom. The van der Waals surface area contributed by atoms with Gasteiger partial charge in [0.2, 0.25) is 0 Å². The van der Waals surface area contributed by atoms with Crippen LogP contribution in [0.5, 0.6) is 11.5 Å². The van der Waals surface area contributed by atoms with Crippen molar-refractivity contribution in [1.82, 2.24) is 0 Å². The van der Waals surface area contributed by atoms with E-state index in [0.717, 1.165) is 39.9 Å². The molecule has 0 aliphatic carbocycles. The van der Waals surface area contributed by atoms with Crippen LogP contribution in [-0.2, 0) is 0 Å². The van der Waals surface area contributed by atoms with Gasteiger partial charge in [0.25, 0.3) is 0 Å². The van der Waals surface area contributed by atoms with E-state index >= 15 is 0 Å². The van der Waals surface area contributed by atoms with Crippen molar-refractivity contribution < 1.29 is 9.47 Å². The molecule has 5 heteroatoms. The van der Waals surface area contributed by atoms with E-state index in [2.05, 4.69) is 15.1 Å². The Morgan fingerprint density at radius 1 is 0.484 bits per heavy atom. The van der Waals surface area contributed by atoms with Crippen molar-refractivity contribution in [3.63, 3.8) is 0 Å². The molecule has 0 saturated carbocycles. The maximum absolute atomic E-state index is 5.31. The molecule has 0 heterocycles.